The molecule has 1 atom stereocenters. The van der Waals surface area contributed by atoms with Gasteiger partial charge < -0.3 is 4.90 Å². The number of nitrogens with zero attached hydrogens (tertiary/aromatic N) is 1. The fraction of sp³-hybridized carbons (Fsp3) is 0.583. The Kier molecular flexibility index (Phi) is 4.70. The average Bonchev–Trinajstić information content (AvgIpc) is 2.44. The van der Waals surface area contributed by atoms with Crippen molar-refractivity contribution in [3.63, 3.8) is 0 Å². The summed E-state index contributed by atoms with van der Waals surface area (Å²) in [5.41, 5.74) is 1.62. The van der Waals surface area contributed by atoms with Crippen LogP contribution in [0.15, 0.2) is 0 Å². The topological polar surface area (TPSA) is 3.24 Å². The van der Waals surface area contributed by atoms with Gasteiger partial charge >= 0.3 is 0 Å². The highest BCUT2D eigenvalue weighted by atomic mass is 127. The highest BCUT2D eigenvalue weighted by Crippen LogP contribution is 2.50. The molecule has 1 saturated carbocycles. The highest BCUT2D eigenvalue weighted by molar-refractivity contribution is 14.1. The van der Waals surface area contributed by atoms with Crippen molar-refractivity contribution in [1.82, 2.24) is 4.90 Å². The molecule has 0 aromatic rings. The molecule has 0 bridgehead atoms. The minimum Gasteiger partial charge on any atom is -0.306 e. The Morgan fingerprint density at radius 3 is 2.13 bits per heavy atom. The molecule has 1 aliphatic rings. The minimum absolute atomic E-state index is 0.522. The largest absolute Gasteiger partial charge is 0.306 e. The molecule has 0 saturated heterocycles. The number of hydrogen-bond donors (Lipinski definition) is 0. The van der Waals surface area contributed by atoms with E-state index in [4.69, 9.17) is 0 Å². The van der Waals surface area contributed by atoms with Gasteiger partial charge in [-0.05, 0) is 39.4 Å². The third-order valence-corrected chi connectivity index (χ3v) is 5.94. The lowest BCUT2D eigenvalue weighted by Gasteiger charge is -2.36. The first-order valence-electron chi connectivity index (χ1n) is 5.37. The molecule has 0 aromatic heterocycles. The fourth-order valence-corrected chi connectivity index (χ4v) is 4.71. The molecule has 5 radical (unpaired) electrons. The molecule has 1 nitrogen and oxygen atoms in total. The van der Waals surface area contributed by atoms with Crippen molar-refractivity contribution in [3.05, 3.63) is 28.2 Å². The molecule has 0 heterocycles. The first kappa shape index (κ1) is 14.0. The van der Waals surface area contributed by atoms with Gasteiger partial charge in [-0.25, -0.2) is 0 Å². The molecule has 85 valence electrons. The van der Waals surface area contributed by atoms with Crippen molar-refractivity contribution in [2.75, 3.05) is 14.1 Å². The van der Waals surface area contributed by atoms with Crippen molar-refractivity contribution in [2.24, 2.45) is 0 Å². The normalized spacial score (nSPS) is 24.0. The van der Waals surface area contributed by atoms with E-state index in [9.17, 15) is 0 Å². The fourth-order valence-electron chi connectivity index (χ4n) is 1.80. The molecule has 0 aliphatic heterocycles. The van der Waals surface area contributed by atoms with Gasteiger partial charge in [-0.2, -0.15) is 0 Å². The van der Waals surface area contributed by atoms with Crippen LogP contribution in [-0.2, 0) is 0 Å². The predicted octanol–water partition coefficient (Wildman–Crippen LogP) is 3.35. The Labute approximate surface area is 110 Å². The van der Waals surface area contributed by atoms with E-state index in [1.54, 1.807) is 11.5 Å². The van der Waals surface area contributed by atoms with Crippen LogP contribution in [0.25, 0.3) is 0 Å². The third kappa shape index (κ3) is 3.19. The van der Waals surface area contributed by atoms with Crippen molar-refractivity contribution >= 4 is 30.7 Å². The summed E-state index contributed by atoms with van der Waals surface area (Å²) in [6.07, 6.45) is 4.60. The molecule has 15 heavy (non-hydrogen) atoms. The van der Waals surface area contributed by atoms with E-state index in [1.807, 2.05) is 0 Å². The molecule has 0 aromatic carbocycles. The van der Waals surface area contributed by atoms with Crippen LogP contribution in [0, 0.1) is 28.2 Å². The van der Waals surface area contributed by atoms with Crippen LogP contribution in [0.2, 0.25) is 19.6 Å². The first-order chi connectivity index (χ1) is 6.75. The second kappa shape index (κ2) is 5.04. The third-order valence-electron chi connectivity index (χ3n) is 2.94. The van der Waals surface area contributed by atoms with E-state index in [2.05, 4.69) is 81.0 Å². The molecule has 0 unspecified atom stereocenters. The Bertz CT molecular complexity index is 212. The van der Waals surface area contributed by atoms with Gasteiger partial charge in [0.2, 0.25) is 0 Å². The van der Waals surface area contributed by atoms with E-state index in [-0.39, 0.29) is 0 Å². The molecule has 1 aliphatic carbocycles. The van der Waals surface area contributed by atoms with Crippen LogP contribution in [0.1, 0.15) is 6.92 Å². The lowest BCUT2D eigenvalue weighted by Crippen LogP contribution is -2.41. The summed E-state index contributed by atoms with van der Waals surface area (Å²) in [5, 5.41) is 0. The quantitative estimate of drug-likeness (QED) is 0.565. The Morgan fingerprint density at radius 2 is 1.73 bits per heavy atom. The maximum absolute atomic E-state index is 2.47. The smallest absolute Gasteiger partial charge is 0.0522 e. The SMILES string of the molecule is C[C@H]([C]1[C](I)[CH][CH][C]1[Si](C)(C)C)N(C)C. The monoisotopic (exact) mass is 334 g/mol. The van der Waals surface area contributed by atoms with Gasteiger partial charge in [-0.1, -0.05) is 42.2 Å². The van der Waals surface area contributed by atoms with Crippen LogP contribution in [-0.4, -0.2) is 33.1 Å². The molecule has 1 fully saturated rings. The van der Waals surface area contributed by atoms with Crippen molar-refractivity contribution < 1.29 is 0 Å². The van der Waals surface area contributed by atoms with Gasteiger partial charge in [0, 0.05) is 15.9 Å². The zero-order valence-corrected chi connectivity index (χ0v) is 13.7. The number of rotatable bonds is 3. The van der Waals surface area contributed by atoms with Gasteiger partial charge in [0.1, 0.15) is 0 Å². The van der Waals surface area contributed by atoms with Gasteiger partial charge in [0.05, 0.1) is 8.07 Å². The van der Waals surface area contributed by atoms with Gasteiger partial charge in [0.15, 0.2) is 0 Å². The van der Waals surface area contributed by atoms with Crippen molar-refractivity contribution in [3.8, 4) is 0 Å². The molecule has 0 spiro atoms. The standard InChI is InChI=1S/C12H21INSi/c1-9(14(2)3)12-10(13)7-8-11(12)15(4,5)6/h7-9H,1-6H3/t9-/m1/s1. The minimum atomic E-state index is -1.20. The second-order valence-electron chi connectivity index (χ2n) is 5.40. The van der Waals surface area contributed by atoms with Gasteiger partial charge in [0.25, 0.3) is 0 Å². The summed E-state index contributed by atoms with van der Waals surface area (Å²) in [6.45, 7) is 9.56. The molecular weight excluding hydrogens is 313 g/mol. The Balaban J connectivity index is 2.82. The predicted molar refractivity (Wildman–Crippen MR) is 78.8 cm³/mol. The summed E-state index contributed by atoms with van der Waals surface area (Å²) in [5.74, 6) is 1.56. The van der Waals surface area contributed by atoms with Gasteiger partial charge in [-0.3, -0.25) is 0 Å². The van der Waals surface area contributed by atoms with Crippen molar-refractivity contribution in [1.29, 1.82) is 0 Å². The van der Waals surface area contributed by atoms with Gasteiger partial charge in [-0.15, -0.1) is 0 Å². The summed E-state index contributed by atoms with van der Waals surface area (Å²) >= 11 is 2.47. The Hall–Kier alpha value is 0.907. The zero-order chi connectivity index (χ0) is 11.8. The zero-order valence-electron chi connectivity index (χ0n) is 10.6. The Morgan fingerprint density at radius 1 is 1.20 bits per heavy atom. The van der Waals surface area contributed by atoms with Crippen LogP contribution < -0.4 is 0 Å². The van der Waals surface area contributed by atoms with E-state index >= 15 is 0 Å². The maximum atomic E-state index is 2.47. The summed E-state index contributed by atoms with van der Waals surface area (Å²) < 4.78 is 1.42. The maximum Gasteiger partial charge on any atom is 0.0522 e. The number of hydrogen-bond acceptors (Lipinski definition) is 1. The van der Waals surface area contributed by atoms with Crippen molar-refractivity contribution in [2.45, 2.75) is 32.6 Å². The van der Waals surface area contributed by atoms with E-state index in [0.717, 1.165) is 0 Å². The van der Waals surface area contributed by atoms with E-state index < -0.39 is 8.07 Å². The van der Waals surface area contributed by atoms with Crippen LogP contribution >= 0.6 is 22.6 Å². The van der Waals surface area contributed by atoms with Crippen LogP contribution in [0.4, 0.5) is 0 Å². The highest BCUT2D eigenvalue weighted by Gasteiger charge is 2.46. The molecular formula is C12H21INSi. The number of halogens is 1. The van der Waals surface area contributed by atoms with Crippen LogP contribution in [0.3, 0.4) is 0 Å². The molecule has 0 N–H and O–H groups in total. The molecule has 1 rings (SSSR count). The summed E-state index contributed by atoms with van der Waals surface area (Å²) in [7, 11) is 3.11. The van der Waals surface area contributed by atoms with Crippen LogP contribution in [0.5, 0.6) is 0 Å². The van der Waals surface area contributed by atoms with E-state index in [0.29, 0.717) is 6.04 Å². The molecule has 3 heteroatoms. The lowest BCUT2D eigenvalue weighted by molar-refractivity contribution is 0.332. The first-order valence-corrected chi connectivity index (χ1v) is 9.95. The summed E-state index contributed by atoms with van der Waals surface area (Å²) in [6, 6.07) is 0.522. The molecule has 0 amide bonds. The van der Waals surface area contributed by atoms with E-state index in [1.165, 1.54) is 3.92 Å². The lowest BCUT2D eigenvalue weighted by atomic mass is 9.98. The average molecular weight is 334 g/mol. The second-order valence-corrected chi connectivity index (χ2v) is 11.6. The summed E-state index contributed by atoms with van der Waals surface area (Å²) in [4.78, 5) is 2.29.